The first-order valence-corrected chi connectivity index (χ1v) is 7.88. The van der Waals surface area contributed by atoms with Crippen molar-refractivity contribution in [3.63, 3.8) is 0 Å². The van der Waals surface area contributed by atoms with Crippen molar-refractivity contribution in [1.29, 1.82) is 5.26 Å². The number of hydrogen-bond acceptors (Lipinski definition) is 3. The van der Waals surface area contributed by atoms with Gasteiger partial charge < -0.3 is 0 Å². The molecule has 0 aliphatic carbocycles. The molecule has 2 aromatic carbocycles. The van der Waals surface area contributed by atoms with Gasteiger partial charge in [0.15, 0.2) is 0 Å². The second kappa shape index (κ2) is 6.12. The minimum absolute atomic E-state index is 0.163. The van der Waals surface area contributed by atoms with E-state index in [1.54, 1.807) is 24.3 Å². The van der Waals surface area contributed by atoms with Gasteiger partial charge in [0, 0.05) is 0 Å². The Hall–Kier alpha value is -2.10. The predicted octanol–water partition coefficient (Wildman–Crippen LogP) is 3.29. The number of hydrogen-bond donors (Lipinski definition) is 1. The molecule has 0 bridgehead atoms. The summed E-state index contributed by atoms with van der Waals surface area (Å²) < 4.78 is 39.5. The van der Waals surface area contributed by atoms with E-state index in [1.807, 2.05) is 6.07 Å². The summed E-state index contributed by atoms with van der Waals surface area (Å²) in [5, 5.41) is 8.77. The quantitative estimate of drug-likeness (QED) is 0.938. The molecule has 0 aliphatic heterocycles. The number of rotatable bonds is 4. The summed E-state index contributed by atoms with van der Waals surface area (Å²) in [6, 6.07) is 11.9. The molecule has 0 saturated carbocycles. The molecule has 0 atom stereocenters. The molecule has 0 heterocycles. The van der Waals surface area contributed by atoms with E-state index in [1.165, 1.54) is 12.1 Å². The fourth-order valence-corrected chi connectivity index (χ4v) is 3.14. The van der Waals surface area contributed by atoms with Crippen molar-refractivity contribution in [2.45, 2.75) is 5.75 Å². The molecule has 0 aromatic heterocycles. The first-order chi connectivity index (χ1) is 9.91. The van der Waals surface area contributed by atoms with Crippen molar-refractivity contribution < 1.29 is 12.8 Å². The van der Waals surface area contributed by atoms with Gasteiger partial charge in [0.1, 0.15) is 5.82 Å². The van der Waals surface area contributed by atoms with Crippen LogP contribution in [0.25, 0.3) is 0 Å². The van der Waals surface area contributed by atoms with E-state index in [-0.39, 0.29) is 16.5 Å². The van der Waals surface area contributed by atoms with Crippen LogP contribution in [-0.4, -0.2) is 8.42 Å². The van der Waals surface area contributed by atoms with Crippen molar-refractivity contribution in [1.82, 2.24) is 0 Å². The Morgan fingerprint density at radius 2 is 1.95 bits per heavy atom. The van der Waals surface area contributed by atoms with E-state index in [0.29, 0.717) is 11.1 Å². The average Bonchev–Trinajstić information content (AvgIpc) is 2.43. The van der Waals surface area contributed by atoms with Crippen LogP contribution in [0.5, 0.6) is 0 Å². The lowest BCUT2D eigenvalue weighted by molar-refractivity contribution is 0.600. The second-order valence-corrected chi connectivity index (χ2v) is 6.39. The van der Waals surface area contributed by atoms with Crippen LogP contribution in [0.4, 0.5) is 10.1 Å². The van der Waals surface area contributed by atoms with E-state index in [0.717, 1.165) is 6.07 Å². The molecule has 1 N–H and O–H groups in total. The van der Waals surface area contributed by atoms with E-state index in [9.17, 15) is 12.8 Å². The zero-order chi connectivity index (χ0) is 15.5. The van der Waals surface area contributed by atoms with Crippen molar-refractivity contribution in [2.24, 2.45) is 0 Å². The van der Waals surface area contributed by atoms with Gasteiger partial charge >= 0.3 is 0 Å². The van der Waals surface area contributed by atoms with Gasteiger partial charge in [-0.05, 0) is 29.8 Å². The van der Waals surface area contributed by atoms with Crippen LogP contribution in [0.2, 0.25) is 5.02 Å². The highest BCUT2D eigenvalue weighted by Gasteiger charge is 2.15. The van der Waals surface area contributed by atoms with Crippen molar-refractivity contribution in [3.8, 4) is 6.07 Å². The molecule has 0 saturated heterocycles. The van der Waals surface area contributed by atoms with Crippen LogP contribution >= 0.6 is 11.6 Å². The molecule has 21 heavy (non-hydrogen) atoms. The van der Waals surface area contributed by atoms with Crippen LogP contribution < -0.4 is 4.72 Å². The molecular formula is C14H10ClFN2O2S. The summed E-state index contributed by atoms with van der Waals surface area (Å²) in [5.74, 6) is -0.986. The van der Waals surface area contributed by atoms with Gasteiger partial charge in [-0.3, -0.25) is 4.72 Å². The van der Waals surface area contributed by atoms with Crippen LogP contribution in [0, 0.1) is 17.1 Å². The summed E-state index contributed by atoms with van der Waals surface area (Å²) in [4.78, 5) is 0. The Morgan fingerprint density at radius 1 is 1.24 bits per heavy atom. The zero-order valence-electron chi connectivity index (χ0n) is 10.7. The summed E-state index contributed by atoms with van der Waals surface area (Å²) in [5.41, 5.74) is 0.844. The number of nitrogens with zero attached hydrogens (tertiary/aromatic N) is 1. The molecule has 0 spiro atoms. The smallest absolute Gasteiger partial charge is 0.236 e. The number of nitriles is 1. The fraction of sp³-hybridized carbons (Fsp3) is 0.0714. The average molecular weight is 325 g/mol. The lowest BCUT2D eigenvalue weighted by atomic mass is 10.1. The number of nitrogens with one attached hydrogen (secondary N) is 1. The van der Waals surface area contributed by atoms with E-state index in [4.69, 9.17) is 16.9 Å². The minimum atomic E-state index is -3.73. The monoisotopic (exact) mass is 324 g/mol. The molecule has 0 aliphatic rings. The Labute approximate surface area is 126 Å². The van der Waals surface area contributed by atoms with E-state index >= 15 is 0 Å². The van der Waals surface area contributed by atoms with Crippen molar-refractivity contribution in [3.05, 3.63) is 64.4 Å². The Bertz CT molecular complexity index is 816. The fourth-order valence-electron chi connectivity index (χ4n) is 1.74. The highest BCUT2D eigenvalue weighted by atomic mass is 35.5. The first kappa shape index (κ1) is 15.3. The summed E-state index contributed by atoms with van der Waals surface area (Å²) in [7, 11) is -3.73. The number of halogens is 2. The molecule has 0 unspecified atom stereocenters. The Morgan fingerprint density at radius 3 is 2.62 bits per heavy atom. The van der Waals surface area contributed by atoms with Gasteiger partial charge in [-0.25, -0.2) is 12.8 Å². The highest BCUT2D eigenvalue weighted by molar-refractivity contribution is 7.91. The molecule has 0 radical (unpaired) electrons. The lowest BCUT2D eigenvalue weighted by Crippen LogP contribution is -2.15. The topological polar surface area (TPSA) is 70.0 Å². The third-order valence-corrected chi connectivity index (χ3v) is 4.20. The third kappa shape index (κ3) is 3.94. The van der Waals surface area contributed by atoms with E-state index in [2.05, 4.69) is 4.72 Å². The summed E-state index contributed by atoms with van der Waals surface area (Å²) >= 11 is 5.60. The van der Waals surface area contributed by atoms with Gasteiger partial charge in [-0.15, -0.1) is 0 Å². The maximum absolute atomic E-state index is 13.0. The van der Waals surface area contributed by atoms with Crippen molar-refractivity contribution >= 4 is 27.3 Å². The van der Waals surface area contributed by atoms with Gasteiger partial charge in [0.25, 0.3) is 0 Å². The summed E-state index contributed by atoms with van der Waals surface area (Å²) in [6.07, 6.45) is 0. The maximum Gasteiger partial charge on any atom is 0.236 e. The predicted molar refractivity (Wildman–Crippen MR) is 78.8 cm³/mol. The minimum Gasteiger partial charge on any atom is -0.283 e. The largest absolute Gasteiger partial charge is 0.283 e. The SMILES string of the molecule is N#Cc1ccccc1CS(=O)(=O)Nc1ccc(F)c(Cl)c1. The molecule has 0 amide bonds. The van der Waals surface area contributed by atoms with E-state index < -0.39 is 15.8 Å². The zero-order valence-corrected chi connectivity index (χ0v) is 12.2. The summed E-state index contributed by atoms with van der Waals surface area (Å²) in [6.45, 7) is 0. The maximum atomic E-state index is 13.0. The number of benzene rings is 2. The third-order valence-electron chi connectivity index (χ3n) is 2.68. The normalized spacial score (nSPS) is 10.9. The highest BCUT2D eigenvalue weighted by Crippen LogP contribution is 2.21. The molecular weight excluding hydrogens is 315 g/mol. The van der Waals surface area contributed by atoms with Gasteiger partial charge in [0.2, 0.25) is 10.0 Å². The molecule has 7 heteroatoms. The van der Waals surface area contributed by atoms with Crippen LogP contribution in [-0.2, 0) is 15.8 Å². The molecule has 0 fully saturated rings. The van der Waals surface area contributed by atoms with Crippen LogP contribution in [0.15, 0.2) is 42.5 Å². The Balaban J connectivity index is 2.23. The molecule has 4 nitrogen and oxygen atoms in total. The van der Waals surface area contributed by atoms with Crippen molar-refractivity contribution in [2.75, 3.05) is 4.72 Å². The van der Waals surface area contributed by atoms with Crippen LogP contribution in [0.1, 0.15) is 11.1 Å². The molecule has 2 rings (SSSR count). The van der Waals surface area contributed by atoms with Crippen LogP contribution in [0.3, 0.4) is 0 Å². The first-order valence-electron chi connectivity index (χ1n) is 5.85. The standard InChI is InChI=1S/C14H10ClFN2O2S/c15-13-7-12(5-6-14(13)16)18-21(19,20)9-11-4-2-1-3-10(11)8-17/h1-7,18H,9H2. The lowest BCUT2D eigenvalue weighted by Gasteiger charge is -2.09. The molecule has 2 aromatic rings. The number of sulfonamides is 1. The molecule has 108 valence electrons. The van der Waals surface area contributed by atoms with Gasteiger partial charge in [0.05, 0.1) is 28.1 Å². The number of anilines is 1. The van der Waals surface area contributed by atoms with Gasteiger partial charge in [-0.2, -0.15) is 5.26 Å². The van der Waals surface area contributed by atoms with Gasteiger partial charge in [-0.1, -0.05) is 29.8 Å². The second-order valence-electron chi connectivity index (χ2n) is 4.26. The Kier molecular flexibility index (Phi) is 4.46.